The molecular weight excluding hydrogens is 697 g/mol. The van der Waals surface area contributed by atoms with Crippen molar-refractivity contribution in [3.8, 4) is 0 Å². The molecule has 3 aliphatic rings. The summed E-state index contributed by atoms with van der Waals surface area (Å²) in [4.78, 5) is 24.9. The highest BCUT2D eigenvalue weighted by Crippen LogP contribution is 2.39. The predicted molar refractivity (Wildman–Crippen MR) is 181 cm³/mol. The van der Waals surface area contributed by atoms with Crippen molar-refractivity contribution in [1.29, 1.82) is 0 Å². The highest BCUT2D eigenvalue weighted by molar-refractivity contribution is 7.87. The van der Waals surface area contributed by atoms with E-state index in [9.17, 15) is 36.3 Å². The zero-order chi connectivity index (χ0) is 36.7. The molecule has 11 nitrogen and oxygen atoms in total. The van der Waals surface area contributed by atoms with Crippen molar-refractivity contribution < 1.29 is 64.2 Å². The standard InChI is InChI=1S/C16H19F3O6S.C15H20O4.C4H8O.CH4/c1-12(25-26(21,22)16(17,18)19)15(8-5-9-23-11-15)14(20)24-10-13-6-3-2-4-7-13;1-12(16)15(8-5-9-18-11-15)14(17)19-10-13-6-3-2-4-7-13;1-2-4-5-3-1;/h2-4,6-7,12H,5,8-11H2,1H3;2-4,6-7,12,16H,5,8-11H2,1H3;1-4H2;1H4. The Labute approximate surface area is 298 Å². The first-order chi connectivity index (χ1) is 23.7. The molecule has 0 spiro atoms. The number of hydrogen-bond donors (Lipinski definition) is 1. The number of ether oxygens (including phenoxy) is 5. The molecule has 2 aromatic carbocycles. The van der Waals surface area contributed by atoms with E-state index in [1.807, 2.05) is 30.3 Å². The van der Waals surface area contributed by atoms with E-state index in [0.29, 0.717) is 31.6 Å². The van der Waals surface area contributed by atoms with Crippen LogP contribution in [0, 0.1) is 10.8 Å². The summed E-state index contributed by atoms with van der Waals surface area (Å²) < 4.78 is 90.8. The largest absolute Gasteiger partial charge is 0.523 e. The first kappa shape index (κ1) is 44.1. The van der Waals surface area contributed by atoms with E-state index in [-0.39, 0.29) is 46.2 Å². The highest BCUT2D eigenvalue weighted by atomic mass is 32.2. The maximum absolute atomic E-state index is 12.6. The molecule has 51 heavy (non-hydrogen) atoms. The molecule has 0 bridgehead atoms. The lowest BCUT2D eigenvalue weighted by Crippen LogP contribution is -2.50. The number of carbonyl (C=O) groups is 2. The molecule has 15 heteroatoms. The first-order valence-corrected chi connectivity index (χ1v) is 18.0. The molecule has 3 fully saturated rings. The number of rotatable bonds is 10. The normalized spacial score (nSPS) is 23.1. The Morgan fingerprint density at radius 3 is 1.51 bits per heavy atom. The lowest BCUT2D eigenvalue weighted by atomic mass is 9.78. The van der Waals surface area contributed by atoms with Gasteiger partial charge in [0.1, 0.15) is 24.0 Å². The lowest BCUT2D eigenvalue weighted by molar-refractivity contribution is -0.177. The van der Waals surface area contributed by atoms with E-state index in [4.69, 9.17) is 23.7 Å². The smallest absolute Gasteiger partial charge is 0.460 e. The zero-order valence-electron chi connectivity index (χ0n) is 28.4. The Morgan fingerprint density at radius 1 is 0.745 bits per heavy atom. The molecule has 4 unspecified atom stereocenters. The second kappa shape index (κ2) is 20.8. The zero-order valence-corrected chi connectivity index (χ0v) is 29.2. The van der Waals surface area contributed by atoms with Gasteiger partial charge in [0.15, 0.2) is 0 Å². The SMILES string of the molecule is C.C1CCOC1.CC(O)C1(C(=O)OCc2ccccc2)CCCOC1.CC(OS(=O)(=O)C(F)(F)F)C1(C(=O)OCc2ccccc2)CCCOC1. The van der Waals surface area contributed by atoms with Crippen LogP contribution >= 0.6 is 0 Å². The first-order valence-electron chi connectivity index (χ1n) is 16.6. The molecule has 3 aliphatic heterocycles. The van der Waals surface area contributed by atoms with Gasteiger partial charge in [-0.3, -0.25) is 13.8 Å². The highest BCUT2D eigenvalue weighted by Gasteiger charge is 2.54. The van der Waals surface area contributed by atoms with Crippen LogP contribution in [0.2, 0.25) is 0 Å². The molecule has 3 saturated heterocycles. The Morgan fingerprint density at radius 2 is 1.16 bits per heavy atom. The molecule has 0 amide bonds. The van der Waals surface area contributed by atoms with Crippen LogP contribution in [0.4, 0.5) is 13.2 Å². The van der Waals surface area contributed by atoms with Gasteiger partial charge in [0, 0.05) is 26.4 Å². The second-order valence-electron chi connectivity index (χ2n) is 12.4. The summed E-state index contributed by atoms with van der Waals surface area (Å²) in [5.41, 5.74) is -6.50. The van der Waals surface area contributed by atoms with E-state index in [0.717, 1.165) is 32.1 Å². The Bertz CT molecular complexity index is 1400. The van der Waals surface area contributed by atoms with E-state index in [1.165, 1.54) is 12.8 Å². The van der Waals surface area contributed by atoms with E-state index in [1.54, 1.807) is 37.3 Å². The second-order valence-corrected chi connectivity index (χ2v) is 13.9. The topological polar surface area (TPSA) is 144 Å². The fraction of sp³-hybridized carbons (Fsp3) is 0.611. The van der Waals surface area contributed by atoms with Gasteiger partial charge in [-0.15, -0.1) is 0 Å². The summed E-state index contributed by atoms with van der Waals surface area (Å²) in [6, 6.07) is 18.2. The van der Waals surface area contributed by atoms with Crippen LogP contribution in [0.15, 0.2) is 60.7 Å². The molecule has 5 rings (SSSR count). The number of hydrogen-bond acceptors (Lipinski definition) is 11. The van der Waals surface area contributed by atoms with E-state index in [2.05, 4.69) is 4.18 Å². The molecule has 0 radical (unpaired) electrons. The summed E-state index contributed by atoms with van der Waals surface area (Å²) in [6.07, 6.45) is 2.02. The van der Waals surface area contributed by atoms with Gasteiger partial charge in [-0.05, 0) is 63.5 Å². The van der Waals surface area contributed by atoms with Crippen LogP contribution in [-0.2, 0) is 60.8 Å². The van der Waals surface area contributed by atoms with Crippen LogP contribution in [0.1, 0.15) is 70.9 Å². The Balaban J connectivity index is 0.000000314. The molecule has 2 aromatic rings. The van der Waals surface area contributed by atoms with Crippen LogP contribution in [0.25, 0.3) is 0 Å². The molecule has 0 aromatic heterocycles. The molecule has 1 N–H and O–H groups in total. The van der Waals surface area contributed by atoms with Gasteiger partial charge in [-0.1, -0.05) is 68.1 Å². The molecule has 4 atom stereocenters. The van der Waals surface area contributed by atoms with E-state index < -0.39 is 44.6 Å². The monoisotopic (exact) mass is 748 g/mol. The lowest BCUT2D eigenvalue weighted by Gasteiger charge is -2.38. The fourth-order valence-corrected chi connectivity index (χ4v) is 6.19. The van der Waals surface area contributed by atoms with Gasteiger partial charge in [-0.2, -0.15) is 21.6 Å². The third-order valence-corrected chi connectivity index (χ3v) is 9.85. The molecule has 0 aliphatic carbocycles. The van der Waals surface area contributed by atoms with Crippen LogP contribution in [-0.4, -0.2) is 82.8 Å². The van der Waals surface area contributed by atoms with Crippen molar-refractivity contribution in [2.24, 2.45) is 10.8 Å². The third-order valence-electron chi connectivity index (χ3n) is 8.74. The average molecular weight is 749 g/mol. The van der Waals surface area contributed by atoms with Gasteiger partial charge in [-0.25, -0.2) is 0 Å². The summed E-state index contributed by atoms with van der Waals surface area (Å²) >= 11 is 0. The van der Waals surface area contributed by atoms with Crippen LogP contribution < -0.4 is 0 Å². The minimum Gasteiger partial charge on any atom is -0.460 e. The summed E-state index contributed by atoms with van der Waals surface area (Å²) in [5, 5.41) is 9.91. The Kier molecular flexibility index (Phi) is 18.0. The van der Waals surface area contributed by atoms with Crippen molar-refractivity contribution >= 4 is 22.1 Å². The van der Waals surface area contributed by atoms with Crippen molar-refractivity contribution in [2.45, 2.75) is 90.7 Å². The van der Waals surface area contributed by atoms with E-state index >= 15 is 0 Å². The molecule has 0 saturated carbocycles. The van der Waals surface area contributed by atoms with Crippen molar-refractivity contribution in [1.82, 2.24) is 0 Å². The quantitative estimate of drug-likeness (QED) is 0.171. The van der Waals surface area contributed by atoms with Crippen LogP contribution in [0.5, 0.6) is 0 Å². The van der Waals surface area contributed by atoms with Gasteiger partial charge >= 0.3 is 27.6 Å². The minimum absolute atomic E-state index is 0. The van der Waals surface area contributed by atoms with Gasteiger partial charge in [0.25, 0.3) is 0 Å². The predicted octanol–water partition coefficient (Wildman–Crippen LogP) is 6.12. The van der Waals surface area contributed by atoms with Crippen molar-refractivity contribution in [3.63, 3.8) is 0 Å². The maximum atomic E-state index is 12.6. The van der Waals surface area contributed by atoms with Gasteiger partial charge in [0.2, 0.25) is 0 Å². The summed E-state index contributed by atoms with van der Waals surface area (Å²) in [7, 11) is -5.85. The number of aliphatic hydroxyl groups is 1. The average Bonchev–Trinajstić information content (AvgIpc) is 3.71. The number of halogens is 3. The number of carbonyl (C=O) groups excluding carboxylic acids is 2. The van der Waals surface area contributed by atoms with Gasteiger partial charge in [0.05, 0.1) is 25.4 Å². The number of esters is 2. The minimum atomic E-state index is -5.85. The van der Waals surface area contributed by atoms with Crippen molar-refractivity contribution in [2.75, 3.05) is 39.6 Å². The molecule has 3 heterocycles. The Hall–Kier alpha value is -3.08. The fourth-order valence-electron chi connectivity index (χ4n) is 5.52. The molecule has 288 valence electrons. The summed E-state index contributed by atoms with van der Waals surface area (Å²) in [5.74, 6) is -1.23. The maximum Gasteiger partial charge on any atom is 0.523 e. The molecular formula is C36H51F3O11S. The van der Waals surface area contributed by atoms with Crippen molar-refractivity contribution in [3.05, 3.63) is 71.8 Å². The summed E-state index contributed by atoms with van der Waals surface area (Å²) in [6.45, 7) is 5.76. The third kappa shape index (κ3) is 12.8. The van der Waals surface area contributed by atoms with Crippen LogP contribution in [0.3, 0.4) is 0 Å². The number of benzene rings is 2. The van der Waals surface area contributed by atoms with Gasteiger partial charge < -0.3 is 28.8 Å². The number of alkyl halides is 3. The number of aliphatic hydroxyl groups excluding tert-OH is 1.